The molecule has 2 bridgehead atoms. The van der Waals surface area contributed by atoms with Crippen LogP contribution < -0.4 is 10.6 Å². The minimum atomic E-state index is -0.116. The van der Waals surface area contributed by atoms with Crippen molar-refractivity contribution in [2.45, 2.75) is 43.9 Å². The van der Waals surface area contributed by atoms with Gasteiger partial charge in [-0.1, -0.05) is 12.2 Å². The summed E-state index contributed by atoms with van der Waals surface area (Å²) in [6.07, 6.45) is 4.06. The van der Waals surface area contributed by atoms with Gasteiger partial charge < -0.3 is 15.7 Å². The summed E-state index contributed by atoms with van der Waals surface area (Å²) >= 11 is 4.97. The second kappa shape index (κ2) is 4.52. The van der Waals surface area contributed by atoms with Gasteiger partial charge >= 0.3 is 0 Å². The second-order valence-corrected chi connectivity index (χ2v) is 5.77. The van der Waals surface area contributed by atoms with E-state index in [0.29, 0.717) is 17.1 Å². The summed E-state index contributed by atoms with van der Waals surface area (Å²) in [5.74, 6) is 0. The third-order valence-corrected chi connectivity index (χ3v) is 4.39. The van der Waals surface area contributed by atoms with Crippen LogP contribution in [0.4, 0.5) is 5.69 Å². The summed E-state index contributed by atoms with van der Waals surface area (Å²) < 4.78 is 0. The predicted molar refractivity (Wildman–Crippen MR) is 76.9 cm³/mol. The van der Waals surface area contributed by atoms with Crippen LogP contribution in [0.3, 0.4) is 0 Å². The monoisotopic (exact) mass is 262 g/mol. The number of nitrogens with zero attached hydrogens (tertiary/aromatic N) is 1. The van der Waals surface area contributed by atoms with Crippen molar-refractivity contribution in [3.8, 4) is 0 Å². The average molecular weight is 262 g/mol. The van der Waals surface area contributed by atoms with Gasteiger partial charge in [-0.25, -0.2) is 0 Å². The molecule has 3 rings (SSSR count). The summed E-state index contributed by atoms with van der Waals surface area (Å²) in [6.45, 7) is 0. The van der Waals surface area contributed by atoms with Crippen molar-refractivity contribution in [1.29, 1.82) is 0 Å². The molecule has 18 heavy (non-hydrogen) atoms. The maximum absolute atomic E-state index is 9.81. The molecule has 3 nitrogen and oxygen atoms in total. The van der Waals surface area contributed by atoms with E-state index in [4.69, 9.17) is 18.0 Å². The molecule has 2 saturated heterocycles. The lowest BCUT2D eigenvalue weighted by molar-refractivity contribution is 0.126. The first-order chi connectivity index (χ1) is 8.65. The van der Waals surface area contributed by atoms with Crippen molar-refractivity contribution in [2.24, 2.45) is 5.73 Å². The average Bonchev–Trinajstić information content (AvgIpc) is 2.62. The van der Waals surface area contributed by atoms with Gasteiger partial charge in [0.2, 0.25) is 0 Å². The molecule has 4 heteroatoms. The van der Waals surface area contributed by atoms with E-state index < -0.39 is 0 Å². The molecule has 0 saturated carbocycles. The van der Waals surface area contributed by atoms with E-state index in [1.54, 1.807) is 0 Å². The standard InChI is InChI=1S/C14H18N2OS/c15-14(18)9-1-3-10(4-2-9)16-11-5-6-12(16)8-13(17)7-11/h1-4,11-13,17H,5-8H2,(H2,15,18). The van der Waals surface area contributed by atoms with Crippen LogP contribution in [0.5, 0.6) is 0 Å². The zero-order valence-electron chi connectivity index (χ0n) is 10.2. The second-order valence-electron chi connectivity index (χ2n) is 5.33. The maximum Gasteiger partial charge on any atom is 0.103 e. The number of fused-ring (bicyclic) bond motifs is 2. The van der Waals surface area contributed by atoms with Gasteiger partial charge in [-0.15, -0.1) is 0 Å². The van der Waals surface area contributed by atoms with E-state index in [-0.39, 0.29) is 6.10 Å². The fourth-order valence-electron chi connectivity index (χ4n) is 3.37. The Bertz CT molecular complexity index is 445. The lowest BCUT2D eigenvalue weighted by Gasteiger charge is -2.39. The highest BCUT2D eigenvalue weighted by Gasteiger charge is 2.40. The van der Waals surface area contributed by atoms with E-state index in [2.05, 4.69) is 17.0 Å². The molecule has 2 atom stereocenters. The van der Waals surface area contributed by atoms with E-state index in [0.717, 1.165) is 18.4 Å². The minimum absolute atomic E-state index is 0.116. The van der Waals surface area contributed by atoms with Crippen LogP contribution in [0.1, 0.15) is 31.2 Å². The topological polar surface area (TPSA) is 49.5 Å². The summed E-state index contributed by atoms with van der Waals surface area (Å²) in [7, 11) is 0. The highest BCUT2D eigenvalue weighted by Crippen LogP contribution is 2.39. The fraction of sp³-hybridized carbons (Fsp3) is 0.500. The van der Waals surface area contributed by atoms with Gasteiger partial charge in [-0.3, -0.25) is 0 Å². The van der Waals surface area contributed by atoms with Gasteiger partial charge in [0.25, 0.3) is 0 Å². The van der Waals surface area contributed by atoms with Gasteiger partial charge in [-0.2, -0.15) is 0 Å². The van der Waals surface area contributed by atoms with Crippen molar-refractivity contribution in [3.63, 3.8) is 0 Å². The van der Waals surface area contributed by atoms with Crippen LogP contribution in [-0.2, 0) is 0 Å². The number of aliphatic hydroxyl groups is 1. The number of thiocarbonyl (C=S) groups is 1. The van der Waals surface area contributed by atoms with Gasteiger partial charge in [0.05, 0.1) is 6.10 Å². The number of nitrogens with two attached hydrogens (primary N) is 1. The Morgan fingerprint density at radius 2 is 1.72 bits per heavy atom. The van der Waals surface area contributed by atoms with Crippen LogP contribution >= 0.6 is 12.2 Å². The first-order valence-corrected chi connectivity index (χ1v) is 6.92. The Morgan fingerprint density at radius 3 is 2.22 bits per heavy atom. The van der Waals surface area contributed by atoms with Crippen molar-refractivity contribution in [2.75, 3.05) is 4.90 Å². The summed E-state index contributed by atoms with van der Waals surface area (Å²) in [5, 5.41) is 9.81. The third-order valence-electron chi connectivity index (χ3n) is 4.16. The number of rotatable bonds is 2. The first-order valence-electron chi connectivity index (χ1n) is 6.51. The zero-order valence-corrected chi connectivity index (χ0v) is 11.1. The van der Waals surface area contributed by atoms with Crippen LogP contribution in [-0.4, -0.2) is 28.3 Å². The molecule has 2 fully saturated rings. The summed E-state index contributed by atoms with van der Waals surface area (Å²) in [5.41, 5.74) is 7.76. The Hall–Kier alpha value is -1.13. The largest absolute Gasteiger partial charge is 0.393 e. The molecule has 0 aliphatic carbocycles. The van der Waals surface area contributed by atoms with Gasteiger partial charge in [0, 0.05) is 23.3 Å². The van der Waals surface area contributed by atoms with Crippen LogP contribution in [0.2, 0.25) is 0 Å². The molecule has 3 N–H and O–H groups in total. The van der Waals surface area contributed by atoms with E-state index in [9.17, 15) is 5.11 Å². The normalized spacial score (nSPS) is 30.5. The third kappa shape index (κ3) is 1.99. The lowest BCUT2D eigenvalue weighted by Crippen LogP contribution is -2.44. The smallest absolute Gasteiger partial charge is 0.103 e. The SMILES string of the molecule is NC(=S)c1ccc(N2C3CCC2CC(O)C3)cc1. The Morgan fingerprint density at radius 1 is 1.17 bits per heavy atom. The number of aliphatic hydroxyl groups excluding tert-OH is 1. The molecular weight excluding hydrogens is 244 g/mol. The first kappa shape index (κ1) is 11.9. The molecule has 2 heterocycles. The van der Waals surface area contributed by atoms with E-state index in [1.807, 2.05) is 12.1 Å². The molecular formula is C14H18N2OS. The van der Waals surface area contributed by atoms with E-state index in [1.165, 1.54) is 18.5 Å². The highest BCUT2D eigenvalue weighted by molar-refractivity contribution is 7.80. The van der Waals surface area contributed by atoms with Crippen molar-refractivity contribution in [3.05, 3.63) is 29.8 Å². The summed E-state index contributed by atoms with van der Waals surface area (Å²) in [6, 6.07) is 9.16. The van der Waals surface area contributed by atoms with Gasteiger partial charge in [0.15, 0.2) is 0 Å². The molecule has 2 aliphatic heterocycles. The molecule has 2 unspecified atom stereocenters. The zero-order chi connectivity index (χ0) is 12.7. The van der Waals surface area contributed by atoms with Crippen LogP contribution in [0.15, 0.2) is 24.3 Å². The summed E-state index contributed by atoms with van der Waals surface area (Å²) in [4.78, 5) is 2.91. The van der Waals surface area contributed by atoms with Gasteiger partial charge in [0.1, 0.15) is 4.99 Å². The van der Waals surface area contributed by atoms with E-state index >= 15 is 0 Å². The fourth-order valence-corrected chi connectivity index (χ4v) is 3.50. The number of hydrogen-bond donors (Lipinski definition) is 2. The molecule has 0 radical (unpaired) electrons. The number of piperidine rings is 1. The molecule has 2 aliphatic rings. The predicted octanol–water partition coefficient (Wildman–Crippen LogP) is 1.81. The Labute approximate surface area is 113 Å². The molecule has 1 aromatic carbocycles. The van der Waals surface area contributed by atoms with Crippen molar-refractivity contribution in [1.82, 2.24) is 0 Å². The number of benzene rings is 1. The van der Waals surface area contributed by atoms with Gasteiger partial charge in [-0.05, 0) is 49.9 Å². The van der Waals surface area contributed by atoms with Crippen molar-refractivity contribution < 1.29 is 5.11 Å². The minimum Gasteiger partial charge on any atom is -0.393 e. The molecule has 0 spiro atoms. The Balaban J connectivity index is 1.85. The molecule has 0 amide bonds. The van der Waals surface area contributed by atoms with Crippen LogP contribution in [0.25, 0.3) is 0 Å². The molecule has 1 aromatic rings. The Kier molecular flexibility index (Phi) is 2.99. The molecule has 96 valence electrons. The highest BCUT2D eigenvalue weighted by atomic mass is 32.1. The van der Waals surface area contributed by atoms with Crippen molar-refractivity contribution >= 4 is 22.9 Å². The molecule has 0 aromatic heterocycles. The lowest BCUT2D eigenvalue weighted by atomic mass is 9.99. The number of hydrogen-bond acceptors (Lipinski definition) is 3. The number of anilines is 1. The quantitative estimate of drug-likeness (QED) is 0.798. The maximum atomic E-state index is 9.81. The van der Waals surface area contributed by atoms with Crippen LogP contribution in [0, 0.1) is 0 Å².